The quantitative estimate of drug-likeness (QED) is 0.374. The van der Waals surface area contributed by atoms with Gasteiger partial charge in [0.25, 0.3) is 0 Å². The van der Waals surface area contributed by atoms with Crippen molar-refractivity contribution in [3.63, 3.8) is 0 Å². The number of hydrogen-bond acceptors (Lipinski definition) is 5. The van der Waals surface area contributed by atoms with Crippen LogP contribution >= 0.6 is 0 Å². The molecule has 4 N–H and O–H groups in total. The van der Waals surface area contributed by atoms with Gasteiger partial charge in [-0.2, -0.15) is 31.4 Å². The van der Waals surface area contributed by atoms with Gasteiger partial charge in [0.15, 0.2) is 5.69 Å². The smallest absolute Gasteiger partial charge is 0.397 e. The standard InChI is InChI=1S/C18H14F6N6/c19-17(20,21)15-9-16(18(22,23)24)30(28-15)13-3-1-12(2-4-13)29(26)10-14(25)11-5-7-27-8-6-11/h1-10H,25-26H2/b14-10-. The van der Waals surface area contributed by atoms with Crippen LogP contribution in [0.25, 0.3) is 11.4 Å². The summed E-state index contributed by atoms with van der Waals surface area (Å²) in [6.45, 7) is 0. The fourth-order valence-electron chi connectivity index (χ4n) is 2.53. The minimum Gasteiger partial charge on any atom is -0.397 e. The lowest BCUT2D eigenvalue weighted by Crippen LogP contribution is -2.25. The average molecular weight is 428 g/mol. The summed E-state index contributed by atoms with van der Waals surface area (Å²) in [5.41, 5.74) is 3.78. The lowest BCUT2D eigenvalue weighted by Gasteiger charge is -2.16. The molecule has 0 aliphatic rings. The topological polar surface area (TPSA) is 86.0 Å². The van der Waals surface area contributed by atoms with Crippen LogP contribution in [-0.2, 0) is 12.4 Å². The van der Waals surface area contributed by atoms with Gasteiger partial charge in [0, 0.05) is 30.2 Å². The van der Waals surface area contributed by atoms with E-state index in [1.165, 1.54) is 30.7 Å². The van der Waals surface area contributed by atoms with Crippen molar-refractivity contribution < 1.29 is 26.3 Å². The Morgan fingerprint density at radius 1 is 0.933 bits per heavy atom. The summed E-state index contributed by atoms with van der Waals surface area (Å²) in [7, 11) is 0. The van der Waals surface area contributed by atoms with Crippen molar-refractivity contribution in [2.45, 2.75) is 12.4 Å². The van der Waals surface area contributed by atoms with E-state index in [9.17, 15) is 26.3 Å². The Hall–Kier alpha value is -3.54. The molecule has 158 valence electrons. The Kier molecular flexibility index (Phi) is 5.44. The molecule has 6 nitrogen and oxygen atoms in total. The fraction of sp³-hybridized carbons (Fsp3) is 0.111. The van der Waals surface area contributed by atoms with Crippen molar-refractivity contribution in [3.8, 4) is 5.69 Å². The average Bonchev–Trinajstić information content (AvgIpc) is 3.15. The largest absolute Gasteiger partial charge is 0.435 e. The number of rotatable bonds is 4. The molecule has 0 aliphatic heterocycles. The van der Waals surface area contributed by atoms with Crippen molar-refractivity contribution in [2.24, 2.45) is 11.6 Å². The SMILES string of the molecule is N/C(=C\N(N)c1ccc(-n2nc(C(F)(F)F)cc2C(F)(F)F)cc1)c1ccncc1. The molecule has 0 spiro atoms. The monoisotopic (exact) mass is 428 g/mol. The van der Waals surface area contributed by atoms with Gasteiger partial charge in [0.2, 0.25) is 0 Å². The Balaban J connectivity index is 1.92. The number of benzene rings is 1. The van der Waals surface area contributed by atoms with Crippen LogP contribution in [0.15, 0.2) is 61.1 Å². The first-order chi connectivity index (χ1) is 14.0. The van der Waals surface area contributed by atoms with Gasteiger partial charge in [0.1, 0.15) is 5.69 Å². The fourth-order valence-corrected chi connectivity index (χ4v) is 2.53. The van der Waals surface area contributed by atoms with Crippen LogP contribution in [0.5, 0.6) is 0 Å². The highest BCUT2D eigenvalue weighted by Crippen LogP contribution is 2.36. The molecule has 0 saturated carbocycles. The Morgan fingerprint density at radius 3 is 2.07 bits per heavy atom. The molecule has 0 unspecified atom stereocenters. The van der Waals surface area contributed by atoms with Crippen LogP contribution in [-0.4, -0.2) is 14.8 Å². The van der Waals surface area contributed by atoms with Gasteiger partial charge < -0.3 is 5.73 Å². The third-order valence-electron chi connectivity index (χ3n) is 3.97. The number of anilines is 1. The number of aromatic nitrogens is 3. The highest BCUT2D eigenvalue weighted by atomic mass is 19.4. The zero-order chi connectivity index (χ0) is 22.1. The van der Waals surface area contributed by atoms with Gasteiger partial charge in [0.05, 0.1) is 17.1 Å². The molecule has 0 radical (unpaired) electrons. The molecule has 2 heterocycles. The summed E-state index contributed by atoms with van der Waals surface area (Å²) in [4.78, 5) is 3.86. The van der Waals surface area contributed by atoms with Gasteiger partial charge in [-0.25, -0.2) is 10.5 Å². The van der Waals surface area contributed by atoms with Crippen LogP contribution in [0, 0.1) is 0 Å². The Morgan fingerprint density at radius 2 is 1.53 bits per heavy atom. The normalized spacial score (nSPS) is 12.8. The molecule has 3 rings (SSSR count). The second-order valence-corrected chi connectivity index (χ2v) is 6.07. The van der Waals surface area contributed by atoms with Crippen LogP contribution in [0.4, 0.5) is 32.0 Å². The van der Waals surface area contributed by atoms with Gasteiger partial charge in [-0.1, -0.05) is 0 Å². The van der Waals surface area contributed by atoms with E-state index < -0.39 is 23.7 Å². The number of halogens is 6. The molecule has 0 amide bonds. The second kappa shape index (κ2) is 7.71. The minimum atomic E-state index is -5.03. The molecule has 3 aromatic rings. The molecule has 0 atom stereocenters. The van der Waals surface area contributed by atoms with Gasteiger partial charge in [-0.3, -0.25) is 9.99 Å². The maximum absolute atomic E-state index is 13.2. The van der Waals surface area contributed by atoms with Crippen molar-refractivity contribution in [1.29, 1.82) is 0 Å². The summed E-state index contributed by atoms with van der Waals surface area (Å²) in [5, 5.41) is 4.19. The lowest BCUT2D eigenvalue weighted by atomic mass is 10.2. The van der Waals surface area contributed by atoms with Crippen LogP contribution in [0.1, 0.15) is 17.0 Å². The predicted molar refractivity (Wildman–Crippen MR) is 96.6 cm³/mol. The Labute approximate surface area is 166 Å². The van der Waals surface area contributed by atoms with E-state index in [1.807, 2.05) is 0 Å². The van der Waals surface area contributed by atoms with Crippen molar-refractivity contribution in [1.82, 2.24) is 14.8 Å². The molecule has 0 bridgehead atoms. The van der Waals surface area contributed by atoms with Crippen molar-refractivity contribution in [2.75, 3.05) is 5.01 Å². The number of pyridine rings is 1. The predicted octanol–water partition coefficient (Wildman–Crippen LogP) is 3.94. The zero-order valence-corrected chi connectivity index (χ0v) is 15.0. The first-order valence-electron chi connectivity index (χ1n) is 8.23. The van der Waals surface area contributed by atoms with Gasteiger partial charge in [-0.05, 0) is 36.4 Å². The summed E-state index contributed by atoms with van der Waals surface area (Å²) >= 11 is 0. The highest BCUT2D eigenvalue weighted by molar-refractivity contribution is 5.66. The van der Waals surface area contributed by atoms with Crippen molar-refractivity contribution in [3.05, 3.63) is 78.0 Å². The van der Waals surface area contributed by atoms with Gasteiger partial charge in [-0.15, -0.1) is 0 Å². The molecule has 30 heavy (non-hydrogen) atoms. The van der Waals surface area contributed by atoms with E-state index in [-0.39, 0.29) is 16.4 Å². The van der Waals surface area contributed by atoms with Crippen molar-refractivity contribution >= 4 is 11.4 Å². The number of nitrogens with zero attached hydrogens (tertiary/aromatic N) is 4. The number of hydrazine groups is 1. The molecule has 1 aromatic carbocycles. The Bertz CT molecular complexity index is 1040. The van der Waals surface area contributed by atoms with E-state index in [2.05, 4.69) is 10.1 Å². The minimum absolute atomic E-state index is 0.0404. The lowest BCUT2D eigenvalue weighted by molar-refractivity contribution is -0.143. The summed E-state index contributed by atoms with van der Waals surface area (Å²) < 4.78 is 78.2. The highest BCUT2D eigenvalue weighted by Gasteiger charge is 2.42. The number of nitrogens with two attached hydrogens (primary N) is 2. The third kappa shape index (κ3) is 4.54. The first-order valence-corrected chi connectivity index (χ1v) is 8.23. The second-order valence-electron chi connectivity index (χ2n) is 6.07. The molecule has 0 saturated heterocycles. The van der Waals surface area contributed by atoms with E-state index in [0.29, 0.717) is 16.9 Å². The molecule has 2 aromatic heterocycles. The van der Waals surface area contributed by atoms with Crippen LogP contribution in [0.2, 0.25) is 0 Å². The van der Waals surface area contributed by atoms with E-state index in [4.69, 9.17) is 11.6 Å². The third-order valence-corrected chi connectivity index (χ3v) is 3.97. The van der Waals surface area contributed by atoms with Gasteiger partial charge >= 0.3 is 12.4 Å². The molecule has 0 aliphatic carbocycles. The van der Waals surface area contributed by atoms with E-state index in [0.717, 1.165) is 17.1 Å². The number of hydrogen-bond donors (Lipinski definition) is 2. The van der Waals surface area contributed by atoms with E-state index in [1.54, 1.807) is 12.1 Å². The number of alkyl halides is 6. The molecule has 12 heteroatoms. The maximum atomic E-state index is 13.2. The first kappa shape index (κ1) is 21.2. The zero-order valence-electron chi connectivity index (χ0n) is 15.0. The van der Waals surface area contributed by atoms with Crippen LogP contribution < -0.4 is 16.6 Å². The maximum Gasteiger partial charge on any atom is 0.435 e. The molecular weight excluding hydrogens is 414 g/mol. The summed E-state index contributed by atoms with van der Waals surface area (Å²) in [5.74, 6) is 5.89. The van der Waals surface area contributed by atoms with Crippen LogP contribution in [0.3, 0.4) is 0 Å². The molecular formula is C18H14F6N6. The molecule has 0 fully saturated rings. The summed E-state index contributed by atoms with van der Waals surface area (Å²) in [6.07, 6.45) is -5.61. The summed E-state index contributed by atoms with van der Waals surface area (Å²) in [6, 6.07) is 8.22. The van der Waals surface area contributed by atoms with E-state index >= 15 is 0 Å².